The van der Waals surface area contributed by atoms with Gasteiger partial charge >= 0.3 is 6.09 Å². The van der Waals surface area contributed by atoms with Crippen LogP contribution in [0.5, 0.6) is 11.5 Å². The third-order valence-corrected chi connectivity index (χ3v) is 6.48. The Balaban J connectivity index is 2.31. The number of hydrogen-bond donors (Lipinski definition) is 0. The standard InChI is InChI=1S/C29H42N2O6/c1-6-8-10-12-18-30(19-13-11-9-7-2)29(32)37-22(3)25-20-26(23-14-16-24(35-4)17-15-23)28(36-5)21-27(25)31(33)34/h14-17,20-22H,6-13,18-19H2,1-5H3. The molecule has 0 aliphatic heterocycles. The van der Waals surface area contributed by atoms with E-state index in [-0.39, 0.29) is 5.69 Å². The van der Waals surface area contributed by atoms with Crippen LogP contribution in [0.3, 0.4) is 0 Å². The Labute approximate surface area is 221 Å². The van der Waals surface area contributed by atoms with Crippen molar-refractivity contribution in [1.29, 1.82) is 0 Å². The molecule has 1 amide bonds. The molecule has 0 aliphatic carbocycles. The molecule has 0 aromatic heterocycles. The third-order valence-electron chi connectivity index (χ3n) is 6.48. The molecule has 1 unspecified atom stereocenters. The molecule has 0 N–H and O–H groups in total. The summed E-state index contributed by atoms with van der Waals surface area (Å²) in [6.07, 6.45) is 7.18. The third kappa shape index (κ3) is 8.95. The molecule has 0 heterocycles. The minimum absolute atomic E-state index is 0.146. The lowest BCUT2D eigenvalue weighted by Gasteiger charge is -2.25. The van der Waals surface area contributed by atoms with E-state index in [9.17, 15) is 14.9 Å². The molecular weight excluding hydrogens is 472 g/mol. The van der Waals surface area contributed by atoms with Crippen LogP contribution >= 0.6 is 0 Å². The number of rotatable bonds is 16. The van der Waals surface area contributed by atoms with Gasteiger partial charge in [-0.3, -0.25) is 10.1 Å². The summed E-state index contributed by atoms with van der Waals surface area (Å²) in [7, 11) is 3.07. The molecule has 8 nitrogen and oxygen atoms in total. The maximum atomic E-state index is 13.2. The van der Waals surface area contributed by atoms with E-state index in [2.05, 4.69) is 13.8 Å². The summed E-state index contributed by atoms with van der Waals surface area (Å²) < 4.78 is 16.5. The van der Waals surface area contributed by atoms with Gasteiger partial charge in [-0.2, -0.15) is 0 Å². The van der Waals surface area contributed by atoms with Gasteiger partial charge in [-0.1, -0.05) is 64.5 Å². The smallest absolute Gasteiger partial charge is 0.410 e. The number of nitro benzene ring substituents is 1. The maximum absolute atomic E-state index is 13.2. The summed E-state index contributed by atoms with van der Waals surface area (Å²) in [6.45, 7) is 7.23. The van der Waals surface area contributed by atoms with Gasteiger partial charge in [-0.25, -0.2) is 4.79 Å². The van der Waals surface area contributed by atoms with E-state index in [1.165, 1.54) is 13.2 Å². The van der Waals surface area contributed by atoms with Crippen LogP contribution in [0.25, 0.3) is 11.1 Å². The highest BCUT2D eigenvalue weighted by molar-refractivity contribution is 5.75. The highest BCUT2D eigenvalue weighted by atomic mass is 16.6. The number of methoxy groups -OCH3 is 2. The first-order chi connectivity index (χ1) is 17.9. The van der Waals surface area contributed by atoms with Crippen molar-refractivity contribution in [2.45, 2.75) is 78.2 Å². The van der Waals surface area contributed by atoms with E-state index in [1.807, 2.05) is 24.3 Å². The first kappa shape index (κ1) is 29.9. The quantitative estimate of drug-likeness (QED) is 0.128. The number of benzene rings is 2. The van der Waals surface area contributed by atoms with Crippen molar-refractivity contribution in [3.63, 3.8) is 0 Å². The summed E-state index contributed by atoms with van der Waals surface area (Å²) in [6, 6.07) is 10.4. The molecule has 0 fully saturated rings. The molecule has 8 heteroatoms. The predicted molar refractivity (Wildman–Crippen MR) is 146 cm³/mol. The molecule has 204 valence electrons. The Kier molecular flexibility index (Phi) is 12.7. The summed E-state index contributed by atoms with van der Waals surface area (Å²) in [4.78, 5) is 26.4. The first-order valence-electron chi connectivity index (χ1n) is 13.3. The SMILES string of the molecule is CCCCCCN(CCCCCC)C(=O)OC(C)c1cc(-c2ccc(OC)cc2)c(OC)cc1[N+](=O)[O-]. The van der Waals surface area contributed by atoms with Crippen LogP contribution in [0.4, 0.5) is 10.5 Å². The highest BCUT2D eigenvalue weighted by Crippen LogP contribution is 2.39. The fraction of sp³-hybridized carbons (Fsp3) is 0.552. The molecule has 2 aromatic rings. The van der Waals surface area contributed by atoms with Gasteiger partial charge in [0.2, 0.25) is 0 Å². The van der Waals surface area contributed by atoms with Crippen molar-refractivity contribution in [2.75, 3.05) is 27.3 Å². The summed E-state index contributed by atoms with van der Waals surface area (Å²) in [5.74, 6) is 1.07. The van der Waals surface area contributed by atoms with Gasteiger partial charge in [-0.15, -0.1) is 0 Å². The Bertz CT molecular complexity index is 981. The zero-order chi connectivity index (χ0) is 27.2. The topological polar surface area (TPSA) is 91.1 Å². The van der Waals surface area contributed by atoms with Crippen molar-refractivity contribution >= 4 is 11.8 Å². The molecule has 2 rings (SSSR count). The molecular formula is C29H42N2O6. The van der Waals surface area contributed by atoms with E-state index in [1.54, 1.807) is 25.0 Å². The Morgan fingerprint density at radius 3 is 2.00 bits per heavy atom. The van der Waals surface area contributed by atoms with Crippen LogP contribution in [0.2, 0.25) is 0 Å². The number of ether oxygens (including phenoxy) is 3. The number of nitrogens with zero attached hydrogens (tertiary/aromatic N) is 2. The van der Waals surface area contributed by atoms with Gasteiger partial charge in [-0.05, 0) is 43.5 Å². The fourth-order valence-corrected chi connectivity index (χ4v) is 4.28. The van der Waals surface area contributed by atoms with Crippen LogP contribution in [0, 0.1) is 10.1 Å². The lowest BCUT2D eigenvalue weighted by atomic mass is 9.98. The second-order valence-electron chi connectivity index (χ2n) is 9.23. The van der Waals surface area contributed by atoms with Crippen LogP contribution in [-0.4, -0.2) is 43.2 Å². The van der Waals surface area contributed by atoms with E-state index in [4.69, 9.17) is 14.2 Å². The molecule has 0 spiro atoms. The number of carbonyl (C=O) groups is 1. The van der Waals surface area contributed by atoms with Crippen molar-refractivity contribution < 1.29 is 23.9 Å². The number of amides is 1. The van der Waals surface area contributed by atoms with E-state index >= 15 is 0 Å². The average molecular weight is 515 g/mol. The normalized spacial score (nSPS) is 11.6. The maximum Gasteiger partial charge on any atom is 0.410 e. The van der Waals surface area contributed by atoms with Crippen LogP contribution in [0.15, 0.2) is 36.4 Å². The fourth-order valence-electron chi connectivity index (χ4n) is 4.28. The summed E-state index contributed by atoms with van der Waals surface area (Å²) in [5, 5.41) is 11.9. The molecule has 0 saturated carbocycles. The van der Waals surface area contributed by atoms with Gasteiger partial charge in [0, 0.05) is 18.7 Å². The largest absolute Gasteiger partial charge is 0.497 e. The number of hydrogen-bond acceptors (Lipinski definition) is 6. The van der Waals surface area contributed by atoms with Gasteiger partial charge in [0.25, 0.3) is 5.69 Å². The van der Waals surface area contributed by atoms with Gasteiger partial charge < -0.3 is 19.1 Å². The van der Waals surface area contributed by atoms with Crippen molar-refractivity contribution in [3.05, 3.63) is 52.1 Å². The van der Waals surface area contributed by atoms with Crippen LogP contribution < -0.4 is 9.47 Å². The monoisotopic (exact) mass is 514 g/mol. The van der Waals surface area contributed by atoms with Crippen molar-refractivity contribution in [2.24, 2.45) is 0 Å². The van der Waals surface area contributed by atoms with E-state index in [0.717, 1.165) is 56.9 Å². The molecule has 1 atom stereocenters. The highest BCUT2D eigenvalue weighted by Gasteiger charge is 2.27. The Morgan fingerprint density at radius 2 is 1.51 bits per heavy atom. The van der Waals surface area contributed by atoms with Crippen LogP contribution in [0.1, 0.15) is 83.8 Å². The number of nitro groups is 1. The predicted octanol–water partition coefficient (Wildman–Crippen LogP) is 7.94. The Hall–Kier alpha value is -3.29. The number of unbranched alkanes of at least 4 members (excludes halogenated alkanes) is 6. The lowest BCUT2D eigenvalue weighted by molar-refractivity contribution is -0.386. The molecule has 0 aliphatic rings. The first-order valence-corrected chi connectivity index (χ1v) is 13.3. The van der Waals surface area contributed by atoms with Crippen molar-refractivity contribution in [1.82, 2.24) is 4.90 Å². The Morgan fingerprint density at radius 1 is 0.919 bits per heavy atom. The summed E-state index contributed by atoms with van der Waals surface area (Å²) in [5.41, 5.74) is 1.65. The van der Waals surface area contributed by atoms with Gasteiger partial charge in [0.05, 0.1) is 30.8 Å². The van der Waals surface area contributed by atoms with E-state index in [0.29, 0.717) is 35.7 Å². The zero-order valence-corrected chi connectivity index (χ0v) is 23.0. The van der Waals surface area contributed by atoms with Gasteiger partial charge in [0.15, 0.2) is 0 Å². The average Bonchev–Trinajstić information content (AvgIpc) is 2.91. The van der Waals surface area contributed by atoms with Crippen LogP contribution in [-0.2, 0) is 4.74 Å². The lowest BCUT2D eigenvalue weighted by Crippen LogP contribution is -2.34. The number of carbonyl (C=O) groups excluding carboxylic acids is 1. The molecule has 0 saturated heterocycles. The minimum Gasteiger partial charge on any atom is -0.497 e. The van der Waals surface area contributed by atoms with Crippen molar-refractivity contribution in [3.8, 4) is 22.6 Å². The second kappa shape index (κ2) is 15.7. The molecule has 0 radical (unpaired) electrons. The molecule has 0 bridgehead atoms. The minimum atomic E-state index is -0.815. The summed E-state index contributed by atoms with van der Waals surface area (Å²) >= 11 is 0. The van der Waals surface area contributed by atoms with E-state index < -0.39 is 17.1 Å². The van der Waals surface area contributed by atoms with Gasteiger partial charge in [0.1, 0.15) is 17.6 Å². The molecule has 2 aromatic carbocycles. The zero-order valence-electron chi connectivity index (χ0n) is 23.0. The molecule has 37 heavy (non-hydrogen) atoms. The second-order valence-corrected chi connectivity index (χ2v) is 9.23.